The van der Waals surface area contributed by atoms with Crippen molar-refractivity contribution in [3.05, 3.63) is 41.3 Å². The van der Waals surface area contributed by atoms with E-state index in [0.717, 1.165) is 49.9 Å². The van der Waals surface area contributed by atoms with Gasteiger partial charge in [-0.25, -0.2) is 9.78 Å². The van der Waals surface area contributed by atoms with Crippen LogP contribution in [0.25, 0.3) is 11.5 Å². The lowest BCUT2D eigenvalue weighted by atomic mass is 10.1. The van der Waals surface area contributed by atoms with Crippen LogP contribution in [0.15, 0.2) is 28.7 Å². The van der Waals surface area contributed by atoms with Gasteiger partial charge >= 0.3 is 5.97 Å². The molecule has 1 fully saturated rings. The first-order chi connectivity index (χ1) is 10.6. The second-order valence-corrected chi connectivity index (χ2v) is 5.29. The topological polar surface area (TPSA) is 75.8 Å². The summed E-state index contributed by atoms with van der Waals surface area (Å²) in [5, 5.41) is 8.92. The van der Waals surface area contributed by atoms with Gasteiger partial charge in [-0.3, -0.25) is 4.90 Å². The van der Waals surface area contributed by atoms with Crippen molar-refractivity contribution in [1.29, 1.82) is 0 Å². The van der Waals surface area contributed by atoms with E-state index in [-0.39, 0.29) is 5.56 Å². The molecule has 2 heterocycles. The first-order valence-corrected chi connectivity index (χ1v) is 7.23. The minimum atomic E-state index is -0.942. The number of nitrogens with zero attached hydrogens (tertiary/aromatic N) is 2. The lowest BCUT2D eigenvalue weighted by Crippen LogP contribution is -2.35. The lowest BCUT2D eigenvalue weighted by Gasteiger charge is -2.25. The average Bonchev–Trinajstić information content (AvgIpc) is 2.89. The molecule has 0 amide bonds. The number of carboxylic acid groups (broad SMARTS) is 1. The number of aryl methyl sites for hydroxylation is 1. The standard InChI is InChI=1S/C16H18N2O4/c1-11-14(10-18-6-8-21-9-7-18)17-15(22-11)12-2-4-13(5-3-12)16(19)20/h2-5H,6-10H2,1H3,(H,19,20). The van der Waals surface area contributed by atoms with Crippen LogP contribution in [0.5, 0.6) is 0 Å². The minimum Gasteiger partial charge on any atom is -0.478 e. The molecular formula is C16H18N2O4. The van der Waals surface area contributed by atoms with Crippen LogP contribution in [0, 0.1) is 6.92 Å². The Labute approximate surface area is 128 Å². The molecule has 116 valence electrons. The van der Waals surface area contributed by atoms with Crippen molar-refractivity contribution >= 4 is 5.97 Å². The number of carbonyl (C=O) groups is 1. The fourth-order valence-electron chi connectivity index (χ4n) is 2.42. The Morgan fingerprint density at radius 1 is 1.27 bits per heavy atom. The van der Waals surface area contributed by atoms with Gasteiger partial charge in [0, 0.05) is 25.2 Å². The highest BCUT2D eigenvalue weighted by Gasteiger charge is 2.17. The molecule has 6 heteroatoms. The monoisotopic (exact) mass is 302 g/mol. The summed E-state index contributed by atoms with van der Waals surface area (Å²) >= 11 is 0. The van der Waals surface area contributed by atoms with Gasteiger partial charge in [0.25, 0.3) is 0 Å². The van der Waals surface area contributed by atoms with Crippen LogP contribution in [-0.4, -0.2) is 47.3 Å². The Balaban J connectivity index is 1.77. The molecule has 0 saturated carbocycles. The molecule has 1 N–H and O–H groups in total. The maximum absolute atomic E-state index is 10.9. The second-order valence-electron chi connectivity index (χ2n) is 5.29. The minimum absolute atomic E-state index is 0.251. The highest BCUT2D eigenvalue weighted by Crippen LogP contribution is 2.23. The quantitative estimate of drug-likeness (QED) is 0.933. The summed E-state index contributed by atoms with van der Waals surface area (Å²) in [7, 11) is 0. The van der Waals surface area contributed by atoms with Gasteiger partial charge in [-0.2, -0.15) is 0 Å². The fourth-order valence-corrected chi connectivity index (χ4v) is 2.42. The predicted molar refractivity (Wildman–Crippen MR) is 79.7 cm³/mol. The van der Waals surface area contributed by atoms with E-state index in [4.69, 9.17) is 14.3 Å². The number of rotatable bonds is 4. The van der Waals surface area contributed by atoms with Gasteiger partial charge in [0.2, 0.25) is 5.89 Å². The van der Waals surface area contributed by atoms with Gasteiger partial charge in [-0.1, -0.05) is 0 Å². The molecule has 0 aliphatic carbocycles. The third-order valence-electron chi connectivity index (χ3n) is 3.75. The van der Waals surface area contributed by atoms with E-state index in [0.29, 0.717) is 5.89 Å². The van der Waals surface area contributed by atoms with E-state index in [1.807, 2.05) is 6.92 Å². The van der Waals surface area contributed by atoms with E-state index >= 15 is 0 Å². The number of ether oxygens (including phenoxy) is 1. The number of carboxylic acids is 1. The summed E-state index contributed by atoms with van der Waals surface area (Å²) in [5.74, 6) is 0.379. The second kappa shape index (κ2) is 6.29. The first-order valence-electron chi connectivity index (χ1n) is 7.23. The van der Waals surface area contributed by atoms with Crippen molar-refractivity contribution in [3.63, 3.8) is 0 Å². The summed E-state index contributed by atoms with van der Waals surface area (Å²) < 4.78 is 11.1. The summed E-state index contributed by atoms with van der Waals surface area (Å²) in [6.07, 6.45) is 0. The molecule has 3 rings (SSSR count). The zero-order valence-electron chi connectivity index (χ0n) is 12.4. The number of hydrogen-bond donors (Lipinski definition) is 1. The summed E-state index contributed by atoms with van der Waals surface area (Å²) in [6.45, 7) is 5.94. The van der Waals surface area contributed by atoms with Crippen molar-refractivity contribution in [1.82, 2.24) is 9.88 Å². The third-order valence-corrected chi connectivity index (χ3v) is 3.75. The van der Waals surface area contributed by atoms with Crippen LogP contribution in [0.2, 0.25) is 0 Å². The molecule has 1 aliphatic rings. The Kier molecular flexibility index (Phi) is 4.22. The van der Waals surface area contributed by atoms with Crippen molar-refractivity contribution in [2.24, 2.45) is 0 Å². The molecule has 0 bridgehead atoms. The molecule has 1 aromatic heterocycles. The molecule has 0 radical (unpaired) electrons. The van der Waals surface area contributed by atoms with Gasteiger partial charge in [-0.05, 0) is 31.2 Å². The van der Waals surface area contributed by atoms with Gasteiger partial charge < -0.3 is 14.3 Å². The van der Waals surface area contributed by atoms with E-state index in [9.17, 15) is 4.79 Å². The summed E-state index contributed by atoms with van der Waals surface area (Å²) in [5.41, 5.74) is 1.95. The van der Waals surface area contributed by atoms with Crippen molar-refractivity contribution in [2.45, 2.75) is 13.5 Å². The number of aromatic carboxylic acids is 1. The van der Waals surface area contributed by atoms with Crippen LogP contribution < -0.4 is 0 Å². The molecule has 0 unspecified atom stereocenters. The Hall–Kier alpha value is -2.18. The fraction of sp³-hybridized carbons (Fsp3) is 0.375. The third kappa shape index (κ3) is 3.18. The van der Waals surface area contributed by atoms with Gasteiger partial charge in [0.1, 0.15) is 5.76 Å². The number of hydrogen-bond acceptors (Lipinski definition) is 5. The molecular weight excluding hydrogens is 284 g/mol. The van der Waals surface area contributed by atoms with Gasteiger partial charge in [-0.15, -0.1) is 0 Å². The van der Waals surface area contributed by atoms with E-state index in [1.54, 1.807) is 24.3 Å². The van der Waals surface area contributed by atoms with Crippen LogP contribution in [-0.2, 0) is 11.3 Å². The molecule has 0 spiro atoms. The van der Waals surface area contributed by atoms with E-state index in [1.165, 1.54) is 0 Å². The predicted octanol–water partition coefficient (Wildman–Crippen LogP) is 2.18. The highest BCUT2D eigenvalue weighted by molar-refractivity contribution is 5.88. The zero-order chi connectivity index (χ0) is 15.5. The molecule has 1 aromatic carbocycles. The number of oxazole rings is 1. The Bertz CT molecular complexity index is 657. The number of benzene rings is 1. The van der Waals surface area contributed by atoms with E-state index in [2.05, 4.69) is 9.88 Å². The summed E-state index contributed by atoms with van der Waals surface area (Å²) in [4.78, 5) is 17.7. The van der Waals surface area contributed by atoms with Gasteiger partial charge in [0.15, 0.2) is 0 Å². The largest absolute Gasteiger partial charge is 0.478 e. The van der Waals surface area contributed by atoms with Crippen LogP contribution >= 0.6 is 0 Å². The van der Waals surface area contributed by atoms with E-state index < -0.39 is 5.97 Å². The lowest BCUT2D eigenvalue weighted by molar-refractivity contribution is 0.0335. The van der Waals surface area contributed by atoms with Crippen LogP contribution in [0.4, 0.5) is 0 Å². The van der Waals surface area contributed by atoms with Crippen LogP contribution in [0.3, 0.4) is 0 Å². The molecule has 6 nitrogen and oxygen atoms in total. The Morgan fingerprint density at radius 3 is 2.59 bits per heavy atom. The first kappa shape index (κ1) is 14.7. The van der Waals surface area contributed by atoms with Crippen molar-refractivity contribution in [3.8, 4) is 11.5 Å². The average molecular weight is 302 g/mol. The number of aromatic nitrogens is 1. The maximum atomic E-state index is 10.9. The van der Waals surface area contributed by atoms with Crippen molar-refractivity contribution in [2.75, 3.05) is 26.3 Å². The maximum Gasteiger partial charge on any atom is 0.335 e. The van der Waals surface area contributed by atoms with Gasteiger partial charge in [0.05, 0.1) is 24.5 Å². The molecule has 22 heavy (non-hydrogen) atoms. The molecule has 2 aromatic rings. The highest BCUT2D eigenvalue weighted by atomic mass is 16.5. The van der Waals surface area contributed by atoms with Crippen molar-refractivity contribution < 1.29 is 19.1 Å². The normalized spacial score (nSPS) is 15.9. The summed E-state index contributed by atoms with van der Waals surface area (Å²) in [6, 6.07) is 6.54. The van der Waals surface area contributed by atoms with Crippen LogP contribution in [0.1, 0.15) is 21.8 Å². The SMILES string of the molecule is Cc1oc(-c2ccc(C(=O)O)cc2)nc1CN1CCOCC1. The smallest absolute Gasteiger partial charge is 0.335 e. The molecule has 1 saturated heterocycles. The Morgan fingerprint density at radius 2 is 1.95 bits per heavy atom. The molecule has 1 aliphatic heterocycles. The zero-order valence-corrected chi connectivity index (χ0v) is 12.4. The molecule has 0 atom stereocenters. The number of morpholine rings is 1.